The van der Waals surface area contributed by atoms with E-state index in [0.717, 1.165) is 23.8 Å². The zero-order chi connectivity index (χ0) is 13.2. The van der Waals surface area contributed by atoms with Crippen LogP contribution in [0.15, 0.2) is 18.3 Å². The van der Waals surface area contributed by atoms with Crippen molar-refractivity contribution in [2.45, 2.75) is 12.8 Å². The molecule has 2 rings (SSSR count). The molecule has 0 aliphatic rings. The molecule has 0 fully saturated rings. The van der Waals surface area contributed by atoms with Crippen LogP contribution in [-0.2, 0) is 17.5 Å². The van der Waals surface area contributed by atoms with Gasteiger partial charge in [-0.05, 0) is 23.7 Å². The van der Waals surface area contributed by atoms with Gasteiger partial charge in [0.15, 0.2) is 5.82 Å². The predicted octanol–water partition coefficient (Wildman–Crippen LogP) is 2.77. The van der Waals surface area contributed by atoms with E-state index in [4.69, 9.17) is 4.74 Å². The lowest BCUT2D eigenvalue weighted by Gasteiger charge is -2.05. The summed E-state index contributed by atoms with van der Waals surface area (Å²) >= 11 is 1.13. The van der Waals surface area contributed by atoms with Crippen LogP contribution in [0.2, 0.25) is 0 Å². The molecule has 18 heavy (non-hydrogen) atoms. The topological polar surface area (TPSA) is 47.9 Å². The van der Waals surface area contributed by atoms with Gasteiger partial charge in [0.25, 0.3) is 0 Å². The maximum absolute atomic E-state index is 12.3. The van der Waals surface area contributed by atoms with E-state index in [1.165, 1.54) is 13.2 Å². The molecule has 4 nitrogen and oxygen atoms in total. The van der Waals surface area contributed by atoms with Crippen LogP contribution in [0.25, 0.3) is 11.5 Å². The first kappa shape index (κ1) is 12.9. The summed E-state index contributed by atoms with van der Waals surface area (Å²) in [5.41, 5.74) is -0.486. The van der Waals surface area contributed by atoms with Gasteiger partial charge in [-0.25, -0.2) is 4.98 Å². The molecule has 96 valence electrons. The fraction of sp³-hybridized carbons (Fsp3) is 0.300. The minimum Gasteiger partial charge on any atom is -0.377 e. The highest BCUT2D eigenvalue weighted by Crippen LogP contribution is 2.29. The van der Waals surface area contributed by atoms with Crippen molar-refractivity contribution in [3.63, 3.8) is 0 Å². The Labute approximate surface area is 105 Å². The van der Waals surface area contributed by atoms with Crippen molar-refractivity contribution in [2.75, 3.05) is 7.11 Å². The Hall–Kier alpha value is -1.54. The standard InChI is InChI=1S/C10H8F3N3OS/c1-17-5-8-15-9(16-18-8)7-3-2-6(4-14-7)10(11,12)13/h2-4H,5H2,1H3. The van der Waals surface area contributed by atoms with E-state index < -0.39 is 11.7 Å². The van der Waals surface area contributed by atoms with E-state index in [9.17, 15) is 13.2 Å². The van der Waals surface area contributed by atoms with E-state index in [2.05, 4.69) is 14.3 Å². The Bertz CT molecular complexity index is 524. The van der Waals surface area contributed by atoms with Crippen molar-refractivity contribution in [3.05, 3.63) is 28.9 Å². The lowest BCUT2D eigenvalue weighted by atomic mass is 10.2. The van der Waals surface area contributed by atoms with Gasteiger partial charge in [0.05, 0.1) is 12.2 Å². The summed E-state index contributed by atoms with van der Waals surface area (Å²) in [6.45, 7) is 0.318. The average Bonchev–Trinajstić information content (AvgIpc) is 2.77. The van der Waals surface area contributed by atoms with Gasteiger partial charge in [0.1, 0.15) is 10.7 Å². The second-order valence-corrected chi connectivity index (χ2v) is 4.21. The van der Waals surface area contributed by atoms with Crippen molar-refractivity contribution in [3.8, 4) is 11.5 Å². The summed E-state index contributed by atoms with van der Waals surface area (Å²) in [6.07, 6.45) is -3.62. The minimum absolute atomic E-state index is 0.306. The Balaban J connectivity index is 2.23. The Kier molecular flexibility index (Phi) is 3.58. The molecule has 0 radical (unpaired) electrons. The molecule has 2 heterocycles. The molecule has 0 N–H and O–H groups in total. The number of methoxy groups -OCH3 is 1. The normalized spacial score (nSPS) is 11.8. The molecule has 0 aliphatic heterocycles. The summed E-state index contributed by atoms with van der Waals surface area (Å²) in [4.78, 5) is 7.81. The fourth-order valence-electron chi connectivity index (χ4n) is 1.23. The van der Waals surface area contributed by atoms with Crippen LogP contribution >= 0.6 is 11.5 Å². The number of ether oxygens (including phenoxy) is 1. The largest absolute Gasteiger partial charge is 0.417 e. The average molecular weight is 275 g/mol. The SMILES string of the molecule is COCc1nc(-c2ccc(C(F)(F)F)cn2)ns1. The highest BCUT2D eigenvalue weighted by atomic mass is 32.1. The summed E-state index contributed by atoms with van der Waals surface area (Å²) in [6, 6.07) is 2.21. The van der Waals surface area contributed by atoms with E-state index >= 15 is 0 Å². The van der Waals surface area contributed by atoms with Crippen molar-refractivity contribution in [1.29, 1.82) is 0 Å². The molecule has 0 saturated heterocycles. The molecule has 2 aromatic heterocycles. The highest BCUT2D eigenvalue weighted by Gasteiger charge is 2.30. The summed E-state index contributed by atoms with van der Waals surface area (Å²) < 4.78 is 45.9. The number of rotatable bonds is 3. The number of hydrogen-bond acceptors (Lipinski definition) is 5. The molecular weight excluding hydrogens is 267 g/mol. The number of aromatic nitrogens is 3. The molecular formula is C10H8F3N3OS. The third kappa shape index (κ3) is 2.82. The molecule has 2 aromatic rings. The maximum Gasteiger partial charge on any atom is 0.417 e. The van der Waals surface area contributed by atoms with Crippen LogP contribution in [0.5, 0.6) is 0 Å². The third-order valence-corrected chi connectivity index (χ3v) is 2.74. The maximum atomic E-state index is 12.3. The van der Waals surface area contributed by atoms with Gasteiger partial charge in [-0.1, -0.05) is 0 Å². The molecule has 0 aliphatic carbocycles. The van der Waals surface area contributed by atoms with Gasteiger partial charge in [-0.15, -0.1) is 0 Å². The highest BCUT2D eigenvalue weighted by molar-refractivity contribution is 7.05. The van der Waals surface area contributed by atoms with E-state index in [-0.39, 0.29) is 0 Å². The number of alkyl halides is 3. The van der Waals surface area contributed by atoms with Crippen LogP contribution in [0.3, 0.4) is 0 Å². The van der Waals surface area contributed by atoms with Crippen molar-refractivity contribution in [1.82, 2.24) is 14.3 Å². The Morgan fingerprint density at radius 3 is 2.67 bits per heavy atom. The molecule has 0 spiro atoms. The summed E-state index contributed by atoms with van der Waals surface area (Å²) in [5, 5.41) is 0.647. The molecule has 0 saturated carbocycles. The van der Waals surface area contributed by atoms with Crippen LogP contribution < -0.4 is 0 Å². The second-order valence-electron chi connectivity index (χ2n) is 3.37. The Morgan fingerprint density at radius 2 is 2.11 bits per heavy atom. The first-order valence-electron chi connectivity index (χ1n) is 4.86. The van der Waals surface area contributed by atoms with Gasteiger partial charge in [-0.3, -0.25) is 4.98 Å². The van der Waals surface area contributed by atoms with Gasteiger partial charge in [0.2, 0.25) is 0 Å². The molecule has 0 bridgehead atoms. The zero-order valence-electron chi connectivity index (χ0n) is 9.23. The summed E-state index contributed by atoms with van der Waals surface area (Å²) in [7, 11) is 1.53. The van der Waals surface area contributed by atoms with Gasteiger partial charge in [0, 0.05) is 13.3 Å². The van der Waals surface area contributed by atoms with Gasteiger partial charge in [-0.2, -0.15) is 17.5 Å². The molecule has 0 atom stereocenters. The van der Waals surface area contributed by atoms with Crippen molar-refractivity contribution < 1.29 is 17.9 Å². The van der Waals surface area contributed by atoms with Crippen molar-refractivity contribution in [2.24, 2.45) is 0 Å². The van der Waals surface area contributed by atoms with Crippen LogP contribution in [-0.4, -0.2) is 21.5 Å². The quantitative estimate of drug-likeness (QED) is 0.864. The second kappa shape index (κ2) is 4.99. The number of pyridine rings is 1. The number of nitrogens with zero attached hydrogens (tertiary/aromatic N) is 3. The molecule has 0 unspecified atom stereocenters. The zero-order valence-corrected chi connectivity index (χ0v) is 10.0. The summed E-state index contributed by atoms with van der Waals surface area (Å²) in [5.74, 6) is 0.306. The van der Waals surface area contributed by atoms with E-state index in [0.29, 0.717) is 23.1 Å². The first-order chi connectivity index (χ1) is 8.50. The lowest BCUT2D eigenvalue weighted by molar-refractivity contribution is -0.137. The van der Waals surface area contributed by atoms with E-state index in [1.807, 2.05) is 0 Å². The van der Waals surface area contributed by atoms with Crippen LogP contribution in [0, 0.1) is 0 Å². The predicted molar refractivity (Wildman–Crippen MR) is 58.9 cm³/mol. The number of hydrogen-bond donors (Lipinski definition) is 0. The smallest absolute Gasteiger partial charge is 0.377 e. The Morgan fingerprint density at radius 1 is 1.33 bits per heavy atom. The first-order valence-corrected chi connectivity index (χ1v) is 5.63. The molecule has 0 amide bonds. The van der Waals surface area contributed by atoms with Crippen LogP contribution in [0.4, 0.5) is 13.2 Å². The minimum atomic E-state index is -4.39. The monoisotopic (exact) mass is 275 g/mol. The third-order valence-electron chi connectivity index (χ3n) is 2.06. The van der Waals surface area contributed by atoms with Crippen LogP contribution in [0.1, 0.15) is 10.6 Å². The van der Waals surface area contributed by atoms with Crippen molar-refractivity contribution >= 4 is 11.5 Å². The number of halogens is 3. The molecule has 0 aromatic carbocycles. The lowest BCUT2D eigenvalue weighted by Crippen LogP contribution is -2.05. The van der Waals surface area contributed by atoms with Gasteiger partial charge >= 0.3 is 6.18 Å². The van der Waals surface area contributed by atoms with Gasteiger partial charge < -0.3 is 4.74 Å². The fourth-order valence-corrected chi connectivity index (χ4v) is 1.86. The van der Waals surface area contributed by atoms with E-state index in [1.54, 1.807) is 0 Å². The molecule has 8 heteroatoms.